The maximum Gasteiger partial charge on any atom is 0 e. The summed E-state index contributed by atoms with van der Waals surface area (Å²) in [7, 11) is 0. The minimum absolute atomic E-state index is 0. The summed E-state index contributed by atoms with van der Waals surface area (Å²) in [6.07, 6.45) is 0. The van der Waals surface area contributed by atoms with Crippen molar-refractivity contribution in [2.45, 2.75) is 0 Å². The van der Waals surface area contributed by atoms with Gasteiger partial charge in [-0.3, -0.25) is 0 Å². The topological polar surface area (TPSA) is 17.1 Å². The van der Waals surface area contributed by atoms with Crippen LogP contribution >= 0.6 is 23.3 Å². The van der Waals surface area contributed by atoms with Crippen LogP contribution in [0.3, 0.4) is 0 Å². The first-order valence-electron chi connectivity index (χ1n) is 0.367. The Morgan fingerprint density at radius 1 is 1.20 bits per heavy atom. The van der Waals surface area contributed by atoms with Crippen molar-refractivity contribution in [3.05, 3.63) is 0 Å². The molecule has 0 aromatic rings. The zero-order chi connectivity index (χ0) is 4.00. The summed E-state index contributed by atoms with van der Waals surface area (Å²) in [6.45, 7) is 0. The zero-order valence-corrected chi connectivity index (χ0v) is 9.77. The number of hydrogen-bond donors (Lipinski definition) is 2. The standard InChI is InChI=1S/O.H2S2.2W/c;1-2;;/h;1-2H;;. The van der Waals surface area contributed by atoms with E-state index in [0.29, 0.717) is 19.8 Å². The Morgan fingerprint density at radius 2 is 1.20 bits per heavy atom. The van der Waals surface area contributed by atoms with Gasteiger partial charge < -0.3 is 0 Å². The van der Waals surface area contributed by atoms with Crippen molar-refractivity contribution in [3.63, 3.8) is 0 Å². The summed E-state index contributed by atoms with van der Waals surface area (Å²) in [5, 5.41) is 0. The van der Waals surface area contributed by atoms with Crippen molar-refractivity contribution < 1.29 is 44.2 Å². The molecule has 0 heterocycles. The van der Waals surface area contributed by atoms with Crippen LogP contribution in [0.25, 0.3) is 0 Å². The Morgan fingerprint density at radius 3 is 1.20 bits per heavy atom. The van der Waals surface area contributed by atoms with Crippen molar-refractivity contribution in [1.82, 2.24) is 0 Å². The molecular weight excluding hydrogens is 448 g/mol. The quantitative estimate of drug-likeness (QED) is 0.410. The van der Waals surface area contributed by atoms with Gasteiger partial charge in [-0.05, 0) is 0 Å². The van der Waals surface area contributed by atoms with Gasteiger partial charge >= 0.3 is 23.2 Å². The number of thiol groups is 2. The third-order valence-electron chi connectivity index (χ3n) is 0. The van der Waals surface area contributed by atoms with Crippen molar-refractivity contribution in [2.24, 2.45) is 0 Å². The van der Waals surface area contributed by atoms with Crippen LogP contribution in [0.5, 0.6) is 0 Å². The Hall–Kier alpha value is 1.88. The van der Waals surface area contributed by atoms with Crippen molar-refractivity contribution >= 4 is 23.3 Å². The molecule has 0 N–H and O–H groups in total. The molecule has 5 heteroatoms. The molecule has 0 spiro atoms. The molecule has 0 aliphatic rings. The first kappa shape index (κ1) is 15.8. The second-order valence-electron chi connectivity index (χ2n) is 0. The van der Waals surface area contributed by atoms with Crippen LogP contribution in [-0.4, -0.2) is 0 Å². The molecule has 0 aromatic heterocycles. The first-order chi connectivity index (χ1) is 2.00. The molecule has 0 saturated carbocycles. The maximum atomic E-state index is 8.33. The van der Waals surface area contributed by atoms with E-state index in [9.17, 15) is 0 Å². The van der Waals surface area contributed by atoms with E-state index in [0.717, 1.165) is 0 Å². The van der Waals surface area contributed by atoms with Gasteiger partial charge in [0, 0.05) is 21.1 Å². The van der Waals surface area contributed by atoms with E-state index in [-0.39, 0.29) is 21.1 Å². The molecule has 0 fully saturated rings. The predicted molar refractivity (Wildman–Crippen MR) is 18.7 cm³/mol. The number of rotatable bonds is 0. The van der Waals surface area contributed by atoms with Crippen LogP contribution < -0.4 is 0 Å². The fraction of sp³-hybridized carbons (Fsp3) is 0. The van der Waals surface area contributed by atoms with E-state index in [4.69, 9.17) is 3.40 Å². The van der Waals surface area contributed by atoms with Gasteiger partial charge in [-0.1, -0.05) is 0 Å². The second-order valence-corrected chi connectivity index (χ2v) is 0. The van der Waals surface area contributed by atoms with Crippen LogP contribution in [-0.2, 0) is 44.2 Å². The fourth-order valence-corrected chi connectivity index (χ4v) is 0. The van der Waals surface area contributed by atoms with Gasteiger partial charge in [-0.25, -0.2) is 0 Å². The van der Waals surface area contributed by atoms with Gasteiger partial charge in [0.15, 0.2) is 0 Å². The Kier molecular flexibility index (Phi) is 125. The van der Waals surface area contributed by atoms with Crippen molar-refractivity contribution in [2.75, 3.05) is 0 Å². The molecule has 0 amide bonds. The van der Waals surface area contributed by atoms with E-state index < -0.39 is 0 Å². The molecule has 5 heavy (non-hydrogen) atoms. The zero-order valence-electron chi connectivity index (χ0n) is 2.12. The summed E-state index contributed by atoms with van der Waals surface area (Å²) in [5.74, 6) is 0. The molecule has 0 aliphatic carbocycles. The molecule has 0 unspecified atom stereocenters. The minimum atomic E-state index is 0. The maximum absolute atomic E-state index is 8.33. The van der Waals surface area contributed by atoms with Gasteiger partial charge in [0.25, 0.3) is 0 Å². The second kappa shape index (κ2) is 39.7. The molecule has 0 radical (unpaired) electrons. The van der Waals surface area contributed by atoms with E-state index in [1.54, 1.807) is 0 Å². The molecular formula is H2OS2W2. The van der Waals surface area contributed by atoms with E-state index in [1.165, 1.54) is 0 Å². The van der Waals surface area contributed by atoms with Gasteiger partial charge in [-0.15, -0.1) is 23.3 Å². The van der Waals surface area contributed by atoms with Gasteiger partial charge in [0.1, 0.15) is 0 Å². The largest absolute Gasteiger partial charge is 0 e. The molecule has 1 nitrogen and oxygen atoms in total. The normalized spacial score (nSPS) is 2.00. The summed E-state index contributed by atoms with van der Waals surface area (Å²) in [6, 6.07) is 0. The van der Waals surface area contributed by atoms with Crippen LogP contribution in [0.15, 0.2) is 0 Å². The molecule has 0 atom stereocenters. The number of hydrogen-bond acceptors (Lipinski definition) is 3. The monoisotopic (exact) mass is 450 g/mol. The third kappa shape index (κ3) is 25.1. The third-order valence-corrected chi connectivity index (χ3v) is 0. The van der Waals surface area contributed by atoms with Crippen LogP contribution in [0, 0.1) is 0 Å². The molecule has 0 bridgehead atoms. The van der Waals surface area contributed by atoms with Gasteiger partial charge in [-0.2, -0.15) is 0 Å². The predicted octanol–water partition coefficient (Wildman–Crippen LogP) is 0.637. The van der Waals surface area contributed by atoms with E-state index >= 15 is 0 Å². The van der Waals surface area contributed by atoms with E-state index in [2.05, 4.69) is 23.3 Å². The van der Waals surface area contributed by atoms with Crippen LogP contribution in [0.2, 0.25) is 0 Å². The summed E-state index contributed by atoms with van der Waals surface area (Å²) in [5.41, 5.74) is 0. The Labute approximate surface area is 67.0 Å². The van der Waals surface area contributed by atoms with Gasteiger partial charge in [0.2, 0.25) is 0 Å². The summed E-state index contributed by atoms with van der Waals surface area (Å²) >= 11 is 6.78. The SMILES string of the molecule is SS.[O]=[W].[W]. The first-order valence-corrected chi connectivity index (χ1v) is 3.16. The minimum Gasteiger partial charge on any atom is 0 e. The van der Waals surface area contributed by atoms with Crippen molar-refractivity contribution in [1.29, 1.82) is 0 Å². The average Bonchev–Trinajstić information content (AvgIpc) is 1.50. The smallest absolute Gasteiger partial charge is 0 e. The molecule has 0 rings (SSSR count). The summed E-state index contributed by atoms with van der Waals surface area (Å²) in [4.78, 5) is 0. The van der Waals surface area contributed by atoms with Crippen LogP contribution in [0.4, 0.5) is 0 Å². The molecule has 32 valence electrons. The van der Waals surface area contributed by atoms with Crippen molar-refractivity contribution in [3.8, 4) is 0 Å². The Balaban J connectivity index is -0.0000000133. The fourth-order valence-electron chi connectivity index (χ4n) is 0. The van der Waals surface area contributed by atoms with E-state index in [1.807, 2.05) is 0 Å². The average molecular weight is 450 g/mol. The van der Waals surface area contributed by atoms with Gasteiger partial charge in [0.05, 0.1) is 0 Å². The van der Waals surface area contributed by atoms with Crippen LogP contribution in [0.1, 0.15) is 0 Å². The molecule has 0 aromatic carbocycles. The summed E-state index contributed by atoms with van der Waals surface area (Å²) < 4.78 is 8.33. The molecule has 0 saturated heterocycles. The molecule has 0 aliphatic heterocycles. The Bertz CT molecular complexity index is 7.61.